The minimum absolute atomic E-state index is 0. The molecule has 0 fully saturated rings. The maximum Gasteiger partial charge on any atom is 0.130 e. The second kappa shape index (κ2) is 13.6. The summed E-state index contributed by atoms with van der Waals surface area (Å²) in [6.45, 7) is 11.3. The van der Waals surface area contributed by atoms with Gasteiger partial charge in [0.05, 0.1) is 17.2 Å². The molecule has 0 spiro atoms. The predicted octanol–water partition coefficient (Wildman–Crippen LogP) is 11.2. The number of nitriles is 1. The van der Waals surface area contributed by atoms with E-state index >= 15 is 0 Å². The van der Waals surface area contributed by atoms with E-state index in [9.17, 15) is 5.26 Å². The van der Waals surface area contributed by atoms with Gasteiger partial charge in [0.15, 0.2) is 0 Å². The van der Waals surface area contributed by atoms with Crippen molar-refractivity contribution >= 4 is 21.9 Å². The average Bonchev–Trinajstić information content (AvgIpc) is 3.50. The molecule has 1 aliphatic carbocycles. The van der Waals surface area contributed by atoms with Gasteiger partial charge in [0.1, 0.15) is 5.58 Å². The summed E-state index contributed by atoms with van der Waals surface area (Å²) in [5, 5.41) is 12.1. The number of aromatic nitrogens is 2. The number of hydrogen-bond acceptors (Lipinski definition) is 4. The molecule has 3 aromatic heterocycles. The number of furan rings is 1. The van der Waals surface area contributed by atoms with E-state index in [4.69, 9.17) is 4.42 Å². The molecule has 49 heavy (non-hydrogen) atoms. The summed E-state index contributed by atoms with van der Waals surface area (Å²) in [7, 11) is 0. The van der Waals surface area contributed by atoms with Gasteiger partial charge in [0, 0.05) is 43.4 Å². The van der Waals surface area contributed by atoms with Gasteiger partial charge >= 0.3 is 0 Å². The standard InChI is InChI=1S/C32H27N2O.C12H10N.Ir/c1-31(2)15-16-32(3,4)26-18-20(12-14-25(26)31)28-21(19-33)11-13-23-22-8-7-9-24(29(22)35-30(23)28)27-10-5-6-17-34-27;1-10-7-8-12(13-9-10)11-5-3-2-4-6-11;/h5-8,10-14,17-18H,15-16H2,1-4H3;2-5,7-9H,1H3;/q2*-1;. The molecule has 0 amide bonds. The third-order valence-corrected chi connectivity index (χ3v) is 9.68. The number of benzene rings is 4. The Morgan fingerprint density at radius 2 is 1.51 bits per heavy atom. The molecule has 4 nitrogen and oxygen atoms in total. The monoisotopic (exact) mass is 816 g/mol. The first-order valence-corrected chi connectivity index (χ1v) is 16.4. The first kappa shape index (κ1) is 34.0. The fourth-order valence-corrected chi connectivity index (χ4v) is 6.81. The molecule has 0 aliphatic heterocycles. The van der Waals surface area contributed by atoms with Crippen LogP contribution in [0.2, 0.25) is 0 Å². The number of aryl methyl sites for hydroxylation is 1. The number of hydrogen-bond donors (Lipinski definition) is 0. The van der Waals surface area contributed by atoms with Crippen LogP contribution in [0.25, 0.3) is 55.6 Å². The van der Waals surface area contributed by atoms with Crippen LogP contribution in [0.15, 0.2) is 114 Å². The van der Waals surface area contributed by atoms with Crippen LogP contribution in [0.5, 0.6) is 0 Å². The van der Waals surface area contributed by atoms with Gasteiger partial charge < -0.3 is 14.4 Å². The Morgan fingerprint density at radius 1 is 0.735 bits per heavy atom. The van der Waals surface area contributed by atoms with Crippen molar-refractivity contribution in [2.75, 3.05) is 0 Å². The van der Waals surface area contributed by atoms with Gasteiger partial charge in [-0.25, -0.2) is 0 Å². The summed E-state index contributed by atoms with van der Waals surface area (Å²) < 4.78 is 6.58. The average molecular weight is 816 g/mol. The molecule has 1 radical (unpaired) electrons. The molecule has 7 aromatic rings. The predicted molar refractivity (Wildman–Crippen MR) is 194 cm³/mol. The van der Waals surface area contributed by atoms with Crippen LogP contribution in [-0.4, -0.2) is 9.97 Å². The molecule has 0 saturated carbocycles. The van der Waals surface area contributed by atoms with Gasteiger partial charge in [-0.1, -0.05) is 87.2 Å². The van der Waals surface area contributed by atoms with Crippen molar-refractivity contribution in [3.05, 3.63) is 144 Å². The molecule has 8 rings (SSSR count). The second-order valence-electron chi connectivity index (χ2n) is 13.9. The van der Waals surface area contributed by atoms with E-state index in [0.717, 1.165) is 62.0 Å². The van der Waals surface area contributed by atoms with Crippen LogP contribution >= 0.6 is 0 Å². The van der Waals surface area contributed by atoms with Gasteiger partial charge in [-0.3, -0.25) is 0 Å². The van der Waals surface area contributed by atoms with Crippen molar-refractivity contribution in [3.8, 4) is 39.7 Å². The van der Waals surface area contributed by atoms with Crippen molar-refractivity contribution in [1.29, 1.82) is 5.26 Å². The summed E-state index contributed by atoms with van der Waals surface area (Å²) in [6, 6.07) is 41.2. The summed E-state index contributed by atoms with van der Waals surface area (Å²) in [4.78, 5) is 8.83. The largest absolute Gasteiger partial charge is 0.500 e. The summed E-state index contributed by atoms with van der Waals surface area (Å²) >= 11 is 0. The first-order valence-electron chi connectivity index (χ1n) is 16.4. The first-order chi connectivity index (χ1) is 23.2. The third-order valence-electron chi connectivity index (χ3n) is 9.68. The van der Waals surface area contributed by atoms with Crippen molar-refractivity contribution in [2.45, 2.75) is 58.3 Å². The zero-order chi connectivity index (χ0) is 33.5. The van der Waals surface area contributed by atoms with Crippen molar-refractivity contribution in [1.82, 2.24) is 9.97 Å². The molecular formula is C44H37IrN3O-2. The second-order valence-corrected chi connectivity index (χ2v) is 13.9. The Morgan fingerprint density at radius 3 is 2.20 bits per heavy atom. The molecule has 0 saturated heterocycles. The summed E-state index contributed by atoms with van der Waals surface area (Å²) in [5.74, 6) is 0. The van der Waals surface area contributed by atoms with Crippen LogP contribution in [0.1, 0.15) is 62.8 Å². The van der Waals surface area contributed by atoms with E-state index in [-0.39, 0.29) is 30.9 Å². The van der Waals surface area contributed by atoms with Crippen LogP contribution in [0.3, 0.4) is 0 Å². The summed E-state index contributed by atoms with van der Waals surface area (Å²) in [5.41, 5.74) is 11.8. The Kier molecular flexibility index (Phi) is 9.41. The molecular weight excluding hydrogens is 779 g/mol. The summed E-state index contributed by atoms with van der Waals surface area (Å²) in [6.07, 6.45) is 5.96. The molecule has 0 unspecified atom stereocenters. The molecule has 0 N–H and O–H groups in total. The Hall–Kier alpha value is -4.88. The molecule has 4 aromatic carbocycles. The molecule has 5 heteroatoms. The zero-order valence-corrected chi connectivity index (χ0v) is 30.8. The van der Waals surface area contributed by atoms with Gasteiger partial charge in [0.2, 0.25) is 0 Å². The number of pyridine rings is 2. The smallest absolute Gasteiger partial charge is 0.130 e. The maximum absolute atomic E-state index is 10.1. The number of nitrogens with zero attached hydrogens (tertiary/aromatic N) is 3. The Labute approximate surface area is 302 Å². The molecule has 245 valence electrons. The van der Waals surface area contributed by atoms with E-state index in [0.29, 0.717) is 5.56 Å². The third kappa shape index (κ3) is 6.47. The van der Waals surface area contributed by atoms with Crippen LogP contribution in [0, 0.1) is 30.4 Å². The Bertz CT molecular complexity index is 2300. The fraction of sp³-hybridized carbons (Fsp3) is 0.205. The molecule has 0 atom stereocenters. The van der Waals surface area contributed by atoms with Crippen LogP contribution in [0.4, 0.5) is 0 Å². The van der Waals surface area contributed by atoms with E-state index in [1.54, 1.807) is 6.20 Å². The SMILES string of the molecule is CC1(C)CCC(C)(C)c2cc(-c3c(C#N)ccc4c3oc3c(-c5ccccn5)[c-]ccc34)ccc21.Cc1ccc(-c2[c-]cccc2)nc1.[Ir]. The normalized spacial score (nSPS) is 14.2. The van der Waals surface area contributed by atoms with Gasteiger partial charge in [-0.2, -0.15) is 5.26 Å². The quantitative estimate of drug-likeness (QED) is 0.167. The van der Waals surface area contributed by atoms with E-state index in [1.165, 1.54) is 23.1 Å². The minimum atomic E-state index is 0. The van der Waals surface area contributed by atoms with Crippen molar-refractivity contribution in [3.63, 3.8) is 0 Å². The molecule has 0 bridgehead atoms. The number of rotatable bonds is 3. The fourth-order valence-electron chi connectivity index (χ4n) is 6.81. The molecule has 1 aliphatic rings. The van der Waals surface area contributed by atoms with E-state index < -0.39 is 0 Å². The minimum Gasteiger partial charge on any atom is -0.500 e. The Balaban J connectivity index is 0.000000250. The van der Waals surface area contributed by atoms with Crippen molar-refractivity contribution in [2.24, 2.45) is 0 Å². The molecule has 3 heterocycles. The number of fused-ring (bicyclic) bond motifs is 4. The van der Waals surface area contributed by atoms with Gasteiger partial charge in [-0.05, 0) is 76.4 Å². The zero-order valence-electron chi connectivity index (χ0n) is 28.4. The van der Waals surface area contributed by atoms with E-state index in [1.807, 2.05) is 85.9 Å². The van der Waals surface area contributed by atoms with Gasteiger partial charge in [0.25, 0.3) is 0 Å². The van der Waals surface area contributed by atoms with E-state index in [2.05, 4.69) is 80.1 Å². The van der Waals surface area contributed by atoms with Gasteiger partial charge in [-0.15, -0.1) is 54.1 Å². The van der Waals surface area contributed by atoms with Crippen LogP contribution in [-0.2, 0) is 30.9 Å². The van der Waals surface area contributed by atoms with Crippen LogP contribution < -0.4 is 0 Å². The van der Waals surface area contributed by atoms with Crippen molar-refractivity contribution < 1.29 is 24.5 Å². The maximum atomic E-state index is 10.1. The topological polar surface area (TPSA) is 62.7 Å².